The molecule has 0 aromatic carbocycles. The predicted octanol–water partition coefficient (Wildman–Crippen LogP) is 1.73. The summed E-state index contributed by atoms with van der Waals surface area (Å²) < 4.78 is 10.5. The molecular formula is C13H25NO3. The van der Waals surface area contributed by atoms with Gasteiger partial charge in [-0.15, -0.1) is 0 Å². The van der Waals surface area contributed by atoms with Gasteiger partial charge in [-0.25, -0.2) is 0 Å². The Bertz CT molecular complexity index is 215. The molecule has 1 aliphatic rings. The summed E-state index contributed by atoms with van der Waals surface area (Å²) in [6.07, 6.45) is 3.79. The van der Waals surface area contributed by atoms with Gasteiger partial charge in [-0.3, -0.25) is 4.79 Å². The lowest BCUT2D eigenvalue weighted by Gasteiger charge is -2.22. The van der Waals surface area contributed by atoms with E-state index in [4.69, 9.17) is 9.47 Å². The van der Waals surface area contributed by atoms with E-state index in [1.165, 1.54) is 12.8 Å². The Kier molecular flexibility index (Phi) is 7.21. The highest BCUT2D eigenvalue weighted by Crippen LogP contribution is 2.16. The van der Waals surface area contributed by atoms with Crippen molar-refractivity contribution in [2.45, 2.75) is 45.6 Å². The summed E-state index contributed by atoms with van der Waals surface area (Å²) in [6.45, 7) is 7.12. The van der Waals surface area contributed by atoms with Crippen LogP contribution in [0.15, 0.2) is 0 Å². The summed E-state index contributed by atoms with van der Waals surface area (Å²) in [6, 6.07) is 0. The van der Waals surface area contributed by atoms with Crippen LogP contribution in [0.1, 0.15) is 39.5 Å². The largest absolute Gasteiger partial charge is 0.460 e. The third-order valence-corrected chi connectivity index (χ3v) is 3.04. The quantitative estimate of drug-likeness (QED) is 0.692. The Hall–Kier alpha value is -0.610. The molecule has 1 rings (SSSR count). The second kappa shape index (κ2) is 8.48. The smallest absolute Gasteiger partial charge is 0.306 e. The molecule has 1 heterocycles. The van der Waals surface area contributed by atoms with Crippen molar-refractivity contribution in [3.8, 4) is 0 Å². The molecule has 100 valence electrons. The van der Waals surface area contributed by atoms with Crippen molar-refractivity contribution >= 4 is 5.97 Å². The van der Waals surface area contributed by atoms with Gasteiger partial charge in [-0.05, 0) is 52.1 Å². The van der Waals surface area contributed by atoms with Gasteiger partial charge in [0.05, 0.1) is 6.61 Å². The van der Waals surface area contributed by atoms with Crippen molar-refractivity contribution in [2.75, 3.05) is 26.3 Å². The molecule has 1 saturated heterocycles. The van der Waals surface area contributed by atoms with Crippen molar-refractivity contribution in [1.29, 1.82) is 0 Å². The van der Waals surface area contributed by atoms with Gasteiger partial charge in [0.25, 0.3) is 0 Å². The molecule has 1 N–H and O–H groups in total. The first-order valence-corrected chi connectivity index (χ1v) is 6.70. The Balaban J connectivity index is 2.07. The number of ether oxygens (including phenoxy) is 2. The van der Waals surface area contributed by atoms with Crippen LogP contribution in [0.25, 0.3) is 0 Å². The van der Waals surface area contributed by atoms with Crippen LogP contribution >= 0.6 is 0 Å². The Morgan fingerprint density at radius 1 is 1.53 bits per heavy atom. The summed E-state index contributed by atoms with van der Waals surface area (Å²) >= 11 is 0. The number of nitrogens with one attached hydrogen (secondary N) is 1. The van der Waals surface area contributed by atoms with E-state index in [0.29, 0.717) is 25.6 Å². The number of carbonyl (C=O) groups is 1. The van der Waals surface area contributed by atoms with E-state index in [9.17, 15) is 4.79 Å². The third kappa shape index (κ3) is 6.64. The van der Waals surface area contributed by atoms with Gasteiger partial charge < -0.3 is 14.8 Å². The molecule has 0 spiro atoms. The van der Waals surface area contributed by atoms with Crippen LogP contribution in [0.5, 0.6) is 0 Å². The second-order valence-electron chi connectivity index (χ2n) is 4.71. The van der Waals surface area contributed by atoms with Gasteiger partial charge in [-0.2, -0.15) is 0 Å². The first kappa shape index (κ1) is 14.5. The highest BCUT2D eigenvalue weighted by molar-refractivity contribution is 5.69. The predicted molar refractivity (Wildman–Crippen MR) is 66.9 cm³/mol. The van der Waals surface area contributed by atoms with Gasteiger partial charge >= 0.3 is 5.97 Å². The summed E-state index contributed by atoms with van der Waals surface area (Å²) in [7, 11) is 0. The molecule has 17 heavy (non-hydrogen) atoms. The normalized spacial score (nSPS) is 22.1. The highest BCUT2D eigenvalue weighted by atomic mass is 16.6. The van der Waals surface area contributed by atoms with Gasteiger partial charge in [0.2, 0.25) is 0 Å². The summed E-state index contributed by atoms with van der Waals surface area (Å²) in [5.74, 6) is 0.543. The summed E-state index contributed by atoms with van der Waals surface area (Å²) in [5, 5.41) is 3.36. The molecule has 4 heteroatoms. The van der Waals surface area contributed by atoms with Crippen molar-refractivity contribution < 1.29 is 14.3 Å². The Morgan fingerprint density at radius 3 is 3.00 bits per heavy atom. The molecule has 2 atom stereocenters. The van der Waals surface area contributed by atoms with Crippen LogP contribution in [0, 0.1) is 5.92 Å². The maximum absolute atomic E-state index is 11.6. The SMILES string of the molecule is CCOCC(C)OC(=O)CCC1CCCNC1. The standard InChI is InChI=1S/C13H25NO3/c1-3-16-10-11(2)17-13(15)7-6-12-5-4-8-14-9-12/h11-12,14H,3-10H2,1-2H3. The molecule has 0 bridgehead atoms. The minimum Gasteiger partial charge on any atom is -0.460 e. The Morgan fingerprint density at radius 2 is 2.35 bits per heavy atom. The van der Waals surface area contributed by atoms with Crippen molar-refractivity contribution in [1.82, 2.24) is 5.32 Å². The van der Waals surface area contributed by atoms with Crippen LogP contribution in [0.3, 0.4) is 0 Å². The van der Waals surface area contributed by atoms with Gasteiger partial charge in [-0.1, -0.05) is 0 Å². The molecule has 1 fully saturated rings. The number of carbonyl (C=O) groups excluding carboxylic acids is 1. The fourth-order valence-electron chi connectivity index (χ4n) is 2.09. The van der Waals surface area contributed by atoms with Crippen LogP contribution in [-0.2, 0) is 14.3 Å². The molecule has 1 aliphatic heterocycles. The van der Waals surface area contributed by atoms with Gasteiger partial charge in [0.1, 0.15) is 6.10 Å². The maximum Gasteiger partial charge on any atom is 0.306 e. The monoisotopic (exact) mass is 243 g/mol. The third-order valence-electron chi connectivity index (χ3n) is 3.04. The minimum absolute atomic E-state index is 0.0947. The molecule has 0 aliphatic carbocycles. The molecular weight excluding hydrogens is 218 g/mol. The van der Waals surface area contributed by atoms with Crippen molar-refractivity contribution in [2.24, 2.45) is 5.92 Å². The molecule has 0 saturated carbocycles. The number of piperidine rings is 1. The average molecular weight is 243 g/mol. The van der Waals surface area contributed by atoms with Crippen molar-refractivity contribution in [3.05, 3.63) is 0 Å². The lowest BCUT2D eigenvalue weighted by molar-refractivity contribution is -0.151. The van der Waals surface area contributed by atoms with Crippen LogP contribution in [0.4, 0.5) is 0 Å². The lowest BCUT2D eigenvalue weighted by Crippen LogP contribution is -2.30. The molecule has 0 aromatic heterocycles. The first-order chi connectivity index (χ1) is 8.22. The van der Waals surface area contributed by atoms with E-state index in [0.717, 1.165) is 19.5 Å². The number of hydrogen-bond donors (Lipinski definition) is 1. The molecule has 0 radical (unpaired) electrons. The van der Waals surface area contributed by atoms with E-state index in [1.807, 2.05) is 13.8 Å². The minimum atomic E-state index is -0.132. The zero-order valence-electron chi connectivity index (χ0n) is 11.0. The fraction of sp³-hybridized carbons (Fsp3) is 0.923. The first-order valence-electron chi connectivity index (χ1n) is 6.70. The number of hydrogen-bond acceptors (Lipinski definition) is 4. The summed E-state index contributed by atoms with van der Waals surface area (Å²) in [4.78, 5) is 11.6. The van der Waals surface area contributed by atoms with E-state index >= 15 is 0 Å². The van der Waals surface area contributed by atoms with E-state index in [2.05, 4.69) is 5.32 Å². The van der Waals surface area contributed by atoms with E-state index < -0.39 is 0 Å². The zero-order chi connectivity index (χ0) is 12.5. The summed E-state index contributed by atoms with van der Waals surface area (Å²) in [5.41, 5.74) is 0. The lowest BCUT2D eigenvalue weighted by atomic mass is 9.95. The fourth-order valence-corrected chi connectivity index (χ4v) is 2.09. The second-order valence-corrected chi connectivity index (χ2v) is 4.71. The zero-order valence-corrected chi connectivity index (χ0v) is 11.0. The van der Waals surface area contributed by atoms with Crippen LogP contribution < -0.4 is 5.32 Å². The van der Waals surface area contributed by atoms with Gasteiger partial charge in [0.15, 0.2) is 0 Å². The van der Waals surface area contributed by atoms with Crippen molar-refractivity contribution in [3.63, 3.8) is 0 Å². The average Bonchev–Trinajstić information content (AvgIpc) is 2.35. The maximum atomic E-state index is 11.6. The molecule has 0 amide bonds. The van der Waals surface area contributed by atoms with Gasteiger partial charge in [0, 0.05) is 13.0 Å². The highest BCUT2D eigenvalue weighted by Gasteiger charge is 2.16. The van der Waals surface area contributed by atoms with E-state index in [-0.39, 0.29) is 12.1 Å². The van der Waals surface area contributed by atoms with Crippen LogP contribution in [0.2, 0.25) is 0 Å². The topological polar surface area (TPSA) is 47.6 Å². The Labute approximate surface area is 104 Å². The molecule has 4 nitrogen and oxygen atoms in total. The molecule has 2 unspecified atom stereocenters. The molecule has 0 aromatic rings. The van der Waals surface area contributed by atoms with E-state index in [1.54, 1.807) is 0 Å². The number of rotatable bonds is 7. The number of esters is 1. The van der Waals surface area contributed by atoms with Crippen LogP contribution in [-0.4, -0.2) is 38.4 Å².